The summed E-state index contributed by atoms with van der Waals surface area (Å²) >= 11 is 0. The van der Waals surface area contributed by atoms with E-state index in [9.17, 15) is 4.79 Å². The van der Waals surface area contributed by atoms with Crippen LogP contribution in [0, 0.1) is 5.92 Å². The fraction of sp³-hybridized carbons (Fsp3) is 0.444. The molecular formula is C9H15NOSi. The maximum atomic E-state index is 11.5. The van der Waals surface area contributed by atoms with E-state index in [1.165, 1.54) is 0 Å². The van der Waals surface area contributed by atoms with Gasteiger partial charge < -0.3 is 4.57 Å². The van der Waals surface area contributed by atoms with E-state index in [-0.39, 0.29) is 11.8 Å². The minimum Gasteiger partial charge on any atom is -0.352 e. The molecule has 1 amide bonds. The summed E-state index contributed by atoms with van der Waals surface area (Å²) in [5.41, 5.74) is 1.15. The molecule has 0 aromatic heterocycles. The van der Waals surface area contributed by atoms with Gasteiger partial charge in [0, 0.05) is 18.0 Å². The van der Waals surface area contributed by atoms with Crippen molar-refractivity contribution in [2.24, 2.45) is 5.92 Å². The Balaban J connectivity index is 2.59. The maximum Gasteiger partial charge on any atom is 0.220 e. The van der Waals surface area contributed by atoms with E-state index < -0.39 is 0 Å². The molecule has 1 aliphatic carbocycles. The van der Waals surface area contributed by atoms with Crippen LogP contribution in [-0.2, 0) is 4.79 Å². The number of nitrogens with zero attached hydrogens (tertiary/aromatic N) is 1. The Morgan fingerprint density at radius 2 is 2.33 bits per heavy atom. The third-order valence-corrected chi connectivity index (χ3v) is 3.02. The summed E-state index contributed by atoms with van der Waals surface area (Å²) in [6.07, 6.45) is 7.02. The summed E-state index contributed by atoms with van der Waals surface area (Å²) in [5.74, 6) is 0.362. The van der Waals surface area contributed by atoms with Gasteiger partial charge in [0.25, 0.3) is 0 Å². The number of carbonyl (C=O) groups excluding carboxylic acids is 1. The van der Waals surface area contributed by atoms with Crippen LogP contribution in [0.25, 0.3) is 0 Å². The zero-order valence-corrected chi connectivity index (χ0v) is 9.87. The minimum atomic E-state index is 0.115. The van der Waals surface area contributed by atoms with Crippen LogP contribution in [0.4, 0.5) is 0 Å². The van der Waals surface area contributed by atoms with Crippen molar-refractivity contribution in [2.75, 3.05) is 0 Å². The molecule has 0 fully saturated rings. The van der Waals surface area contributed by atoms with Gasteiger partial charge in [-0.05, 0) is 6.08 Å². The highest BCUT2D eigenvalue weighted by atomic mass is 28.2. The normalized spacial score (nSPS) is 15.4. The molecule has 0 N–H and O–H groups in total. The first-order valence-corrected chi connectivity index (χ1v) is 5.15. The van der Waals surface area contributed by atoms with Gasteiger partial charge >= 0.3 is 0 Å². The molecule has 0 saturated heterocycles. The summed E-state index contributed by atoms with van der Waals surface area (Å²) in [4.78, 5) is 11.5. The Labute approximate surface area is 76.4 Å². The van der Waals surface area contributed by atoms with Crippen molar-refractivity contribution in [3.8, 4) is 0 Å². The molecule has 1 aliphatic rings. The standard InChI is InChI=1S/C9H15NOSi/c1-7(2)9(11)10(12)8-5-3-4-6-8/h3-5,7H,6H2,1-2,12H3. The topological polar surface area (TPSA) is 20.3 Å². The van der Waals surface area contributed by atoms with Crippen molar-refractivity contribution in [3.05, 3.63) is 23.9 Å². The number of hydrogen-bond acceptors (Lipinski definition) is 1. The maximum absolute atomic E-state index is 11.5. The van der Waals surface area contributed by atoms with Crippen LogP contribution in [0.2, 0.25) is 0 Å². The van der Waals surface area contributed by atoms with E-state index in [2.05, 4.69) is 6.08 Å². The summed E-state index contributed by atoms with van der Waals surface area (Å²) in [6.45, 7) is 3.88. The molecule has 0 aromatic rings. The van der Waals surface area contributed by atoms with Gasteiger partial charge in [0.1, 0.15) is 10.4 Å². The summed E-state index contributed by atoms with van der Waals surface area (Å²) in [6, 6.07) is 0. The molecule has 0 heterocycles. The highest BCUT2D eigenvalue weighted by molar-refractivity contribution is 6.16. The average molecular weight is 181 g/mol. The monoisotopic (exact) mass is 181 g/mol. The number of allylic oxidation sites excluding steroid dienone is 3. The first-order valence-electron chi connectivity index (χ1n) is 4.26. The van der Waals surface area contributed by atoms with Gasteiger partial charge in [-0.15, -0.1) is 0 Å². The predicted octanol–water partition coefficient (Wildman–Crippen LogP) is 0.595. The van der Waals surface area contributed by atoms with Crippen molar-refractivity contribution < 1.29 is 4.79 Å². The molecule has 66 valence electrons. The van der Waals surface area contributed by atoms with Crippen LogP contribution in [0.15, 0.2) is 23.9 Å². The van der Waals surface area contributed by atoms with Crippen molar-refractivity contribution in [3.63, 3.8) is 0 Å². The van der Waals surface area contributed by atoms with Gasteiger partial charge in [-0.2, -0.15) is 0 Å². The predicted molar refractivity (Wildman–Crippen MR) is 53.5 cm³/mol. The third-order valence-electron chi connectivity index (χ3n) is 2.01. The van der Waals surface area contributed by atoms with Crippen molar-refractivity contribution >= 4 is 16.3 Å². The van der Waals surface area contributed by atoms with Crippen LogP contribution >= 0.6 is 0 Å². The molecule has 0 saturated carbocycles. The van der Waals surface area contributed by atoms with Crippen LogP contribution < -0.4 is 0 Å². The molecule has 1 rings (SSSR count). The Bertz CT molecular complexity index is 243. The van der Waals surface area contributed by atoms with E-state index >= 15 is 0 Å². The summed E-state index contributed by atoms with van der Waals surface area (Å²) in [5, 5.41) is 0. The molecular weight excluding hydrogens is 166 g/mol. The lowest BCUT2D eigenvalue weighted by molar-refractivity contribution is -0.128. The average Bonchev–Trinajstić information content (AvgIpc) is 2.53. The number of amides is 1. The van der Waals surface area contributed by atoms with Gasteiger partial charge in [-0.1, -0.05) is 26.0 Å². The van der Waals surface area contributed by atoms with Gasteiger partial charge in [-0.3, -0.25) is 4.79 Å². The van der Waals surface area contributed by atoms with Crippen LogP contribution in [0.3, 0.4) is 0 Å². The van der Waals surface area contributed by atoms with Crippen LogP contribution in [0.1, 0.15) is 20.3 Å². The molecule has 0 radical (unpaired) electrons. The highest BCUT2D eigenvalue weighted by Crippen LogP contribution is 2.15. The second-order valence-electron chi connectivity index (χ2n) is 3.34. The quantitative estimate of drug-likeness (QED) is 0.571. The van der Waals surface area contributed by atoms with Crippen molar-refractivity contribution in [2.45, 2.75) is 20.3 Å². The van der Waals surface area contributed by atoms with Gasteiger partial charge in [0.05, 0.1) is 0 Å². The molecule has 12 heavy (non-hydrogen) atoms. The lowest BCUT2D eigenvalue weighted by Crippen LogP contribution is -2.30. The Morgan fingerprint density at radius 3 is 2.75 bits per heavy atom. The molecule has 0 unspecified atom stereocenters. The first kappa shape index (κ1) is 9.26. The zero-order chi connectivity index (χ0) is 9.14. The lowest BCUT2D eigenvalue weighted by atomic mass is 10.2. The molecule has 0 aliphatic heterocycles. The third kappa shape index (κ3) is 1.85. The van der Waals surface area contributed by atoms with E-state index in [0.717, 1.165) is 22.5 Å². The molecule has 0 bridgehead atoms. The highest BCUT2D eigenvalue weighted by Gasteiger charge is 2.15. The minimum absolute atomic E-state index is 0.115. The first-order chi connectivity index (χ1) is 5.63. The molecule has 2 nitrogen and oxygen atoms in total. The number of hydrogen-bond donors (Lipinski definition) is 0. The van der Waals surface area contributed by atoms with Crippen LogP contribution in [-0.4, -0.2) is 20.9 Å². The van der Waals surface area contributed by atoms with E-state index in [1.54, 1.807) is 0 Å². The summed E-state index contributed by atoms with van der Waals surface area (Å²) < 4.78 is 1.88. The number of rotatable bonds is 2. The molecule has 3 heteroatoms. The SMILES string of the molecule is CC(C)C(=O)N([SiH3])C1=CC=CC1. The number of carbonyl (C=O) groups is 1. The van der Waals surface area contributed by atoms with E-state index in [1.807, 2.05) is 30.6 Å². The fourth-order valence-electron chi connectivity index (χ4n) is 1.21. The van der Waals surface area contributed by atoms with E-state index in [4.69, 9.17) is 0 Å². The van der Waals surface area contributed by atoms with Crippen LogP contribution in [0.5, 0.6) is 0 Å². The van der Waals surface area contributed by atoms with Crippen molar-refractivity contribution in [1.82, 2.24) is 4.57 Å². The van der Waals surface area contributed by atoms with E-state index in [0.29, 0.717) is 0 Å². The largest absolute Gasteiger partial charge is 0.352 e. The zero-order valence-electron chi connectivity index (χ0n) is 7.87. The van der Waals surface area contributed by atoms with Gasteiger partial charge in [0.2, 0.25) is 5.91 Å². The lowest BCUT2D eigenvalue weighted by Gasteiger charge is -2.21. The molecule has 0 atom stereocenters. The summed E-state index contributed by atoms with van der Waals surface area (Å²) in [7, 11) is 0.789. The molecule has 0 aromatic carbocycles. The second kappa shape index (κ2) is 3.71. The fourth-order valence-corrected chi connectivity index (χ4v) is 2.06. The smallest absolute Gasteiger partial charge is 0.220 e. The Morgan fingerprint density at radius 1 is 1.67 bits per heavy atom. The second-order valence-corrected chi connectivity index (χ2v) is 4.24. The molecule has 0 spiro atoms. The van der Waals surface area contributed by atoms with Gasteiger partial charge in [-0.25, -0.2) is 0 Å². The Hall–Kier alpha value is -0.833. The Kier molecular flexibility index (Phi) is 2.86. The van der Waals surface area contributed by atoms with Gasteiger partial charge in [0.15, 0.2) is 0 Å². The van der Waals surface area contributed by atoms with Crippen molar-refractivity contribution in [1.29, 1.82) is 0 Å².